The summed E-state index contributed by atoms with van der Waals surface area (Å²) >= 11 is 0. The van der Waals surface area contributed by atoms with Crippen molar-refractivity contribution in [2.45, 2.75) is 13.5 Å². The first kappa shape index (κ1) is 11.3. The zero-order valence-corrected chi connectivity index (χ0v) is 9.24. The fourth-order valence-electron chi connectivity index (χ4n) is 1.37. The molecule has 2 heterocycles. The van der Waals surface area contributed by atoms with Gasteiger partial charge in [0.05, 0.1) is 6.54 Å². The summed E-state index contributed by atoms with van der Waals surface area (Å²) in [5.41, 5.74) is 0.0493. The fourth-order valence-corrected chi connectivity index (χ4v) is 1.37. The number of halogens is 1. The molecule has 5 heteroatoms. The first-order chi connectivity index (χ1) is 8.15. The molecule has 88 valence electrons. The molecule has 0 unspecified atom stereocenters. The monoisotopic (exact) mass is 234 g/mol. The van der Waals surface area contributed by atoms with E-state index in [-0.39, 0.29) is 12.2 Å². The summed E-state index contributed by atoms with van der Waals surface area (Å²) in [5.74, 6) is 0.315. The second-order valence-corrected chi connectivity index (χ2v) is 3.54. The Balaban J connectivity index is 1.98. The summed E-state index contributed by atoms with van der Waals surface area (Å²) in [6, 6.07) is 7.66. The van der Waals surface area contributed by atoms with E-state index in [0.717, 1.165) is 5.76 Å². The third kappa shape index (κ3) is 2.90. The lowest BCUT2D eigenvalue weighted by Crippen LogP contribution is -2.23. The van der Waals surface area contributed by atoms with E-state index in [1.807, 2.05) is 13.0 Å². The van der Waals surface area contributed by atoms with E-state index >= 15 is 0 Å². The maximum absolute atomic E-state index is 12.8. The normalized spacial score (nSPS) is 10.2. The molecule has 2 rings (SSSR count). The predicted octanol–water partition coefficient (Wildman–Crippen LogP) is 2.05. The number of carbonyl (C=O) groups excluding carboxylic acids is 1. The van der Waals surface area contributed by atoms with Gasteiger partial charge >= 0.3 is 0 Å². The van der Waals surface area contributed by atoms with Crippen molar-refractivity contribution in [1.29, 1.82) is 0 Å². The molecule has 17 heavy (non-hydrogen) atoms. The largest absolute Gasteiger partial charge is 0.465 e. The average Bonchev–Trinajstić information content (AvgIpc) is 2.72. The van der Waals surface area contributed by atoms with Gasteiger partial charge in [0.15, 0.2) is 0 Å². The van der Waals surface area contributed by atoms with E-state index in [2.05, 4.69) is 10.3 Å². The highest BCUT2D eigenvalue weighted by Gasteiger charge is 2.08. The average molecular weight is 234 g/mol. The summed E-state index contributed by atoms with van der Waals surface area (Å²) in [7, 11) is 0. The molecule has 0 bridgehead atoms. The Morgan fingerprint density at radius 2 is 2.24 bits per heavy atom. The van der Waals surface area contributed by atoms with Gasteiger partial charge in [0.25, 0.3) is 5.91 Å². The second kappa shape index (κ2) is 4.78. The number of rotatable bonds is 3. The Labute approximate surface area is 97.5 Å². The number of aromatic nitrogens is 1. The van der Waals surface area contributed by atoms with E-state index in [9.17, 15) is 9.18 Å². The summed E-state index contributed by atoms with van der Waals surface area (Å²) in [6.07, 6.45) is 0. The molecule has 1 N–H and O–H groups in total. The smallest absolute Gasteiger partial charge is 0.270 e. The molecule has 0 saturated carbocycles. The van der Waals surface area contributed by atoms with Gasteiger partial charge in [0.2, 0.25) is 5.95 Å². The van der Waals surface area contributed by atoms with E-state index in [4.69, 9.17) is 4.42 Å². The van der Waals surface area contributed by atoms with Gasteiger partial charge < -0.3 is 9.73 Å². The van der Waals surface area contributed by atoms with Crippen LogP contribution in [0.4, 0.5) is 4.39 Å². The van der Waals surface area contributed by atoms with Crippen LogP contribution in [0, 0.1) is 12.9 Å². The molecule has 0 aliphatic rings. The second-order valence-electron chi connectivity index (χ2n) is 3.54. The van der Waals surface area contributed by atoms with E-state index in [0.29, 0.717) is 5.76 Å². The van der Waals surface area contributed by atoms with Gasteiger partial charge in [-0.15, -0.1) is 0 Å². The Morgan fingerprint density at radius 1 is 1.41 bits per heavy atom. The van der Waals surface area contributed by atoms with Crippen LogP contribution in [-0.4, -0.2) is 10.9 Å². The summed E-state index contributed by atoms with van der Waals surface area (Å²) in [4.78, 5) is 15.1. The van der Waals surface area contributed by atoms with Crippen LogP contribution in [0.5, 0.6) is 0 Å². The van der Waals surface area contributed by atoms with Crippen molar-refractivity contribution < 1.29 is 13.6 Å². The number of furan rings is 1. The Bertz CT molecular complexity index is 537. The van der Waals surface area contributed by atoms with Crippen LogP contribution < -0.4 is 5.32 Å². The van der Waals surface area contributed by atoms with E-state index in [1.54, 1.807) is 6.07 Å². The van der Waals surface area contributed by atoms with Gasteiger partial charge in [-0.25, -0.2) is 4.98 Å². The molecule has 2 aromatic heterocycles. The minimum absolute atomic E-state index is 0.0493. The molecule has 0 atom stereocenters. The highest BCUT2D eigenvalue weighted by Crippen LogP contribution is 2.06. The molecule has 2 aromatic rings. The molecule has 0 saturated heterocycles. The highest BCUT2D eigenvalue weighted by atomic mass is 19.1. The minimum atomic E-state index is -0.675. The molecule has 0 aromatic carbocycles. The van der Waals surface area contributed by atoms with Crippen molar-refractivity contribution in [1.82, 2.24) is 10.3 Å². The third-order valence-electron chi connectivity index (χ3n) is 2.17. The number of hydrogen-bond acceptors (Lipinski definition) is 3. The van der Waals surface area contributed by atoms with Gasteiger partial charge in [-0.05, 0) is 31.2 Å². The first-order valence-corrected chi connectivity index (χ1v) is 5.11. The number of pyridine rings is 1. The van der Waals surface area contributed by atoms with Gasteiger partial charge in [0.1, 0.15) is 17.2 Å². The maximum atomic E-state index is 12.8. The number of hydrogen-bond donors (Lipinski definition) is 1. The van der Waals surface area contributed by atoms with Crippen LogP contribution in [0.15, 0.2) is 34.7 Å². The first-order valence-electron chi connectivity index (χ1n) is 5.11. The molecule has 0 aliphatic carbocycles. The third-order valence-corrected chi connectivity index (χ3v) is 2.17. The Hall–Kier alpha value is -2.17. The zero-order chi connectivity index (χ0) is 12.3. The molecule has 4 nitrogen and oxygen atoms in total. The van der Waals surface area contributed by atoms with Gasteiger partial charge in [-0.1, -0.05) is 6.07 Å². The molecule has 0 spiro atoms. The lowest BCUT2D eigenvalue weighted by molar-refractivity contribution is 0.0941. The SMILES string of the molecule is Cc1ccc(CNC(=O)c2cccc(F)n2)o1. The molecule has 0 fully saturated rings. The molecular formula is C12H11FN2O2. The van der Waals surface area contributed by atoms with Crippen LogP contribution in [0.25, 0.3) is 0 Å². The maximum Gasteiger partial charge on any atom is 0.270 e. The van der Waals surface area contributed by atoms with E-state index in [1.165, 1.54) is 18.2 Å². The molecule has 0 aliphatic heterocycles. The topological polar surface area (TPSA) is 55.1 Å². The lowest BCUT2D eigenvalue weighted by Gasteiger charge is -2.02. The van der Waals surface area contributed by atoms with Gasteiger partial charge in [-0.3, -0.25) is 4.79 Å². The number of nitrogens with zero attached hydrogens (tertiary/aromatic N) is 1. The highest BCUT2D eigenvalue weighted by molar-refractivity contribution is 5.92. The number of amides is 1. The van der Waals surface area contributed by atoms with E-state index < -0.39 is 11.9 Å². The fraction of sp³-hybridized carbons (Fsp3) is 0.167. The van der Waals surface area contributed by atoms with Crippen molar-refractivity contribution in [2.75, 3.05) is 0 Å². The van der Waals surface area contributed by atoms with Gasteiger partial charge in [-0.2, -0.15) is 4.39 Å². The quantitative estimate of drug-likeness (QED) is 0.827. The van der Waals surface area contributed by atoms with Crippen molar-refractivity contribution in [2.24, 2.45) is 0 Å². The Morgan fingerprint density at radius 3 is 2.88 bits per heavy atom. The van der Waals surface area contributed by atoms with Crippen LogP contribution >= 0.6 is 0 Å². The summed E-state index contributed by atoms with van der Waals surface area (Å²) in [6.45, 7) is 2.07. The molecule has 0 radical (unpaired) electrons. The minimum Gasteiger partial charge on any atom is -0.465 e. The van der Waals surface area contributed by atoms with Gasteiger partial charge in [0, 0.05) is 0 Å². The standard InChI is InChI=1S/C12H11FN2O2/c1-8-5-6-9(17-8)7-14-12(16)10-3-2-4-11(13)15-10/h2-6H,7H2,1H3,(H,14,16). The predicted molar refractivity (Wildman–Crippen MR) is 58.8 cm³/mol. The molecule has 1 amide bonds. The number of nitrogens with one attached hydrogen (secondary N) is 1. The van der Waals surface area contributed by atoms with Crippen molar-refractivity contribution in [3.05, 3.63) is 53.5 Å². The van der Waals surface area contributed by atoms with Crippen LogP contribution in [0.3, 0.4) is 0 Å². The van der Waals surface area contributed by atoms with Crippen molar-refractivity contribution >= 4 is 5.91 Å². The van der Waals surface area contributed by atoms with Crippen molar-refractivity contribution in [3.8, 4) is 0 Å². The van der Waals surface area contributed by atoms with Crippen LogP contribution in [-0.2, 0) is 6.54 Å². The molecular weight excluding hydrogens is 223 g/mol. The number of carbonyl (C=O) groups is 1. The zero-order valence-electron chi connectivity index (χ0n) is 9.24. The summed E-state index contributed by atoms with van der Waals surface area (Å²) < 4.78 is 18.1. The summed E-state index contributed by atoms with van der Waals surface area (Å²) in [5, 5.41) is 2.59. The number of aryl methyl sites for hydroxylation is 1. The van der Waals surface area contributed by atoms with Crippen LogP contribution in [0.2, 0.25) is 0 Å². The van der Waals surface area contributed by atoms with Crippen molar-refractivity contribution in [3.63, 3.8) is 0 Å². The Kier molecular flexibility index (Phi) is 3.18. The van der Waals surface area contributed by atoms with Crippen LogP contribution in [0.1, 0.15) is 22.0 Å². The lowest BCUT2D eigenvalue weighted by atomic mass is 10.3.